The van der Waals surface area contributed by atoms with E-state index < -0.39 is 0 Å². The Morgan fingerprint density at radius 3 is 2.47 bits per heavy atom. The third-order valence-electron chi connectivity index (χ3n) is 2.91. The Kier molecular flexibility index (Phi) is 3.49. The molecule has 0 aliphatic heterocycles. The van der Waals surface area contributed by atoms with Crippen molar-refractivity contribution in [3.8, 4) is 11.5 Å². The molecule has 0 aliphatic carbocycles. The lowest BCUT2D eigenvalue weighted by atomic mass is 10.0. The lowest BCUT2D eigenvalue weighted by Gasteiger charge is -2.11. The number of rotatable bonds is 4. The Labute approximate surface area is 101 Å². The summed E-state index contributed by atoms with van der Waals surface area (Å²) in [5, 5.41) is 2.24. The van der Waals surface area contributed by atoms with Crippen LogP contribution in [0.3, 0.4) is 0 Å². The van der Waals surface area contributed by atoms with Gasteiger partial charge in [-0.15, -0.1) is 0 Å². The molecular formula is C14H17NO2. The molecule has 0 unspecified atom stereocenters. The molecule has 0 aromatic heterocycles. The molecule has 17 heavy (non-hydrogen) atoms. The maximum Gasteiger partial charge on any atom is 0.126 e. The fraction of sp³-hybridized carbons (Fsp3) is 0.286. The molecular weight excluding hydrogens is 214 g/mol. The third-order valence-corrected chi connectivity index (χ3v) is 2.91. The molecule has 2 N–H and O–H groups in total. The van der Waals surface area contributed by atoms with Gasteiger partial charge in [0.2, 0.25) is 0 Å². The van der Waals surface area contributed by atoms with Crippen LogP contribution in [0, 0.1) is 0 Å². The fourth-order valence-electron chi connectivity index (χ4n) is 2.04. The van der Waals surface area contributed by atoms with Crippen molar-refractivity contribution in [2.24, 2.45) is 5.73 Å². The monoisotopic (exact) mass is 231 g/mol. The van der Waals surface area contributed by atoms with Crippen LogP contribution in [0.15, 0.2) is 30.3 Å². The molecule has 0 atom stereocenters. The van der Waals surface area contributed by atoms with Gasteiger partial charge in [-0.2, -0.15) is 0 Å². The quantitative estimate of drug-likeness (QED) is 0.878. The van der Waals surface area contributed by atoms with Crippen LogP contribution in [0.5, 0.6) is 11.5 Å². The van der Waals surface area contributed by atoms with E-state index in [-0.39, 0.29) is 0 Å². The van der Waals surface area contributed by atoms with Gasteiger partial charge in [-0.3, -0.25) is 0 Å². The Morgan fingerprint density at radius 1 is 1.00 bits per heavy atom. The van der Waals surface area contributed by atoms with Gasteiger partial charge in [0.15, 0.2) is 0 Å². The van der Waals surface area contributed by atoms with Crippen molar-refractivity contribution in [3.63, 3.8) is 0 Å². The first-order chi connectivity index (χ1) is 8.30. The van der Waals surface area contributed by atoms with Crippen LogP contribution in [0.25, 0.3) is 10.8 Å². The maximum absolute atomic E-state index is 5.63. The normalized spacial score (nSPS) is 10.5. The summed E-state index contributed by atoms with van der Waals surface area (Å²) in [7, 11) is 3.35. The number of hydrogen-bond donors (Lipinski definition) is 1. The highest BCUT2D eigenvalue weighted by atomic mass is 16.5. The van der Waals surface area contributed by atoms with Crippen molar-refractivity contribution < 1.29 is 9.47 Å². The first-order valence-corrected chi connectivity index (χ1v) is 5.64. The molecule has 3 heteroatoms. The standard InChI is InChI=1S/C14H17NO2/c1-16-11-4-5-12-13(9-11)10(7-8-15)3-6-14(12)17-2/h3-6,9H,7-8,15H2,1-2H3. The zero-order chi connectivity index (χ0) is 12.3. The van der Waals surface area contributed by atoms with E-state index in [2.05, 4.69) is 6.07 Å². The van der Waals surface area contributed by atoms with Gasteiger partial charge in [0.05, 0.1) is 14.2 Å². The highest BCUT2D eigenvalue weighted by Gasteiger charge is 2.07. The minimum atomic E-state index is 0.638. The highest BCUT2D eigenvalue weighted by Crippen LogP contribution is 2.31. The molecule has 0 saturated carbocycles. The van der Waals surface area contributed by atoms with Crippen LogP contribution in [-0.4, -0.2) is 20.8 Å². The van der Waals surface area contributed by atoms with Crippen LogP contribution in [-0.2, 0) is 6.42 Å². The van der Waals surface area contributed by atoms with Crippen LogP contribution < -0.4 is 15.2 Å². The largest absolute Gasteiger partial charge is 0.497 e. The highest BCUT2D eigenvalue weighted by molar-refractivity contribution is 5.92. The molecule has 0 amide bonds. The second kappa shape index (κ2) is 5.06. The first kappa shape index (κ1) is 11.7. The summed E-state index contributed by atoms with van der Waals surface area (Å²) in [4.78, 5) is 0. The lowest BCUT2D eigenvalue weighted by molar-refractivity contribution is 0.414. The molecule has 0 heterocycles. The van der Waals surface area contributed by atoms with Crippen LogP contribution in [0.4, 0.5) is 0 Å². The summed E-state index contributed by atoms with van der Waals surface area (Å²) in [6.07, 6.45) is 0.855. The molecule has 2 rings (SSSR count). The van der Waals surface area contributed by atoms with Crippen LogP contribution >= 0.6 is 0 Å². The summed E-state index contributed by atoms with van der Waals surface area (Å²) in [6.45, 7) is 0.638. The Hall–Kier alpha value is -1.74. The van der Waals surface area contributed by atoms with E-state index in [1.54, 1.807) is 14.2 Å². The second-order valence-electron chi connectivity index (χ2n) is 3.88. The number of methoxy groups -OCH3 is 2. The zero-order valence-corrected chi connectivity index (χ0v) is 10.2. The summed E-state index contributed by atoms with van der Waals surface area (Å²) < 4.78 is 10.6. The van der Waals surface area contributed by atoms with Gasteiger partial charge in [-0.1, -0.05) is 6.07 Å². The van der Waals surface area contributed by atoms with Gasteiger partial charge in [0.25, 0.3) is 0 Å². The predicted molar refractivity (Wildman–Crippen MR) is 69.8 cm³/mol. The molecule has 2 aromatic carbocycles. The maximum atomic E-state index is 5.63. The topological polar surface area (TPSA) is 44.5 Å². The van der Waals surface area contributed by atoms with E-state index in [0.717, 1.165) is 28.7 Å². The van der Waals surface area contributed by atoms with E-state index in [0.29, 0.717) is 6.54 Å². The summed E-state index contributed by atoms with van der Waals surface area (Å²) in [6, 6.07) is 10.0. The minimum absolute atomic E-state index is 0.638. The summed E-state index contributed by atoms with van der Waals surface area (Å²) in [5.74, 6) is 1.73. The van der Waals surface area contributed by atoms with Gasteiger partial charge in [0.1, 0.15) is 11.5 Å². The van der Waals surface area contributed by atoms with E-state index >= 15 is 0 Å². The number of benzene rings is 2. The SMILES string of the molecule is COc1ccc2c(OC)ccc(CCN)c2c1. The molecule has 0 aliphatic rings. The molecule has 0 saturated heterocycles. The van der Waals surface area contributed by atoms with Crippen molar-refractivity contribution in [2.45, 2.75) is 6.42 Å². The average molecular weight is 231 g/mol. The Bertz CT molecular complexity index is 523. The van der Waals surface area contributed by atoms with Crippen molar-refractivity contribution >= 4 is 10.8 Å². The third kappa shape index (κ3) is 2.19. The van der Waals surface area contributed by atoms with Gasteiger partial charge < -0.3 is 15.2 Å². The molecule has 0 fully saturated rings. The lowest BCUT2D eigenvalue weighted by Crippen LogP contribution is -2.03. The number of hydrogen-bond acceptors (Lipinski definition) is 3. The van der Waals surface area contributed by atoms with Crippen molar-refractivity contribution in [2.75, 3.05) is 20.8 Å². The van der Waals surface area contributed by atoms with Crippen LogP contribution in [0.2, 0.25) is 0 Å². The van der Waals surface area contributed by atoms with Gasteiger partial charge in [-0.25, -0.2) is 0 Å². The molecule has 3 nitrogen and oxygen atoms in total. The number of ether oxygens (including phenoxy) is 2. The van der Waals surface area contributed by atoms with Crippen molar-refractivity contribution in [3.05, 3.63) is 35.9 Å². The average Bonchev–Trinajstić information content (AvgIpc) is 2.39. The fourth-order valence-corrected chi connectivity index (χ4v) is 2.04. The smallest absolute Gasteiger partial charge is 0.126 e. The molecule has 0 spiro atoms. The molecule has 0 bridgehead atoms. The van der Waals surface area contributed by atoms with Crippen LogP contribution in [0.1, 0.15) is 5.56 Å². The first-order valence-electron chi connectivity index (χ1n) is 5.64. The van der Waals surface area contributed by atoms with Gasteiger partial charge in [-0.05, 0) is 48.2 Å². The van der Waals surface area contributed by atoms with E-state index in [4.69, 9.17) is 15.2 Å². The van der Waals surface area contributed by atoms with Gasteiger partial charge >= 0.3 is 0 Å². The Morgan fingerprint density at radius 2 is 1.82 bits per heavy atom. The number of fused-ring (bicyclic) bond motifs is 1. The number of nitrogens with two attached hydrogens (primary N) is 1. The van der Waals surface area contributed by atoms with E-state index in [1.165, 1.54) is 5.56 Å². The summed E-state index contributed by atoms with van der Waals surface area (Å²) in [5.41, 5.74) is 6.85. The van der Waals surface area contributed by atoms with Crippen molar-refractivity contribution in [1.82, 2.24) is 0 Å². The minimum Gasteiger partial charge on any atom is -0.497 e. The van der Waals surface area contributed by atoms with Crippen molar-refractivity contribution in [1.29, 1.82) is 0 Å². The molecule has 0 radical (unpaired) electrons. The predicted octanol–water partition coefficient (Wildman–Crippen LogP) is 2.36. The van der Waals surface area contributed by atoms with E-state index in [9.17, 15) is 0 Å². The molecule has 2 aromatic rings. The van der Waals surface area contributed by atoms with E-state index in [1.807, 2.05) is 24.3 Å². The summed E-state index contributed by atoms with van der Waals surface area (Å²) >= 11 is 0. The van der Waals surface area contributed by atoms with Gasteiger partial charge in [0, 0.05) is 5.39 Å². The molecule has 90 valence electrons. The Balaban J connectivity index is 2.67. The second-order valence-corrected chi connectivity index (χ2v) is 3.88. The zero-order valence-electron chi connectivity index (χ0n) is 10.2.